The highest BCUT2D eigenvalue weighted by Crippen LogP contribution is 2.34. The average Bonchev–Trinajstić information content (AvgIpc) is 3.00. The largest absolute Gasteiger partial charge is 0.497 e. The quantitative estimate of drug-likeness (QED) is 0.263. The SMILES string of the molecule is CCN(C)CCCN1CCN(c2cc(-c3ccnc(NCc4cccc(OC)c4)n3)cc3ccc(C)cc23)CC1. The van der Waals surface area contributed by atoms with E-state index in [0.717, 1.165) is 61.8 Å². The lowest BCUT2D eigenvalue weighted by Gasteiger charge is -2.37. The first-order valence-electron chi connectivity index (χ1n) is 14.4. The molecule has 4 aromatic rings. The molecule has 1 N–H and O–H groups in total. The fraction of sp³-hybridized carbons (Fsp3) is 0.394. The number of hydrogen-bond donors (Lipinski definition) is 1. The third kappa shape index (κ3) is 6.90. The molecule has 0 amide bonds. The highest BCUT2D eigenvalue weighted by molar-refractivity contribution is 5.98. The van der Waals surface area contributed by atoms with E-state index < -0.39 is 0 Å². The van der Waals surface area contributed by atoms with E-state index in [4.69, 9.17) is 9.72 Å². The Morgan fingerprint density at radius 2 is 1.85 bits per heavy atom. The van der Waals surface area contributed by atoms with Gasteiger partial charge in [0.05, 0.1) is 12.8 Å². The lowest BCUT2D eigenvalue weighted by molar-refractivity contribution is 0.236. The van der Waals surface area contributed by atoms with Gasteiger partial charge < -0.3 is 19.9 Å². The molecule has 1 aliphatic heterocycles. The van der Waals surface area contributed by atoms with E-state index in [-0.39, 0.29) is 0 Å². The first-order valence-corrected chi connectivity index (χ1v) is 14.4. The number of hydrogen-bond acceptors (Lipinski definition) is 7. The van der Waals surface area contributed by atoms with Crippen LogP contribution in [-0.4, -0.2) is 79.7 Å². The topological polar surface area (TPSA) is 56.8 Å². The number of anilines is 2. The van der Waals surface area contributed by atoms with E-state index in [1.165, 1.54) is 35.0 Å². The lowest BCUT2D eigenvalue weighted by atomic mass is 10.00. The molecule has 0 radical (unpaired) electrons. The fourth-order valence-corrected chi connectivity index (χ4v) is 5.36. The Morgan fingerprint density at radius 3 is 2.65 bits per heavy atom. The van der Waals surface area contributed by atoms with Crippen LogP contribution in [0.15, 0.2) is 66.9 Å². The molecule has 7 nitrogen and oxygen atoms in total. The van der Waals surface area contributed by atoms with E-state index in [9.17, 15) is 0 Å². The van der Waals surface area contributed by atoms with Gasteiger partial charge in [-0.3, -0.25) is 4.90 Å². The van der Waals surface area contributed by atoms with Crippen LogP contribution in [0.1, 0.15) is 24.5 Å². The van der Waals surface area contributed by atoms with Crippen LogP contribution in [0.5, 0.6) is 5.75 Å². The number of piperazine rings is 1. The summed E-state index contributed by atoms with van der Waals surface area (Å²) in [5.74, 6) is 1.46. The van der Waals surface area contributed by atoms with Crippen LogP contribution in [0.3, 0.4) is 0 Å². The summed E-state index contributed by atoms with van der Waals surface area (Å²) in [5.41, 5.74) is 5.74. The molecular formula is C33H42N6O. The number of methoxy groups -OCH3 is 1. The molecule has 7 heteroatoms. The van der Waals surface area contributed by atoms with Crippen molar-refractivity contribution in [1.29, 1.82) is 0 Å². The van der Waals surface area contributed by atoms with Crippen molar-refractivity contribution in [3.63, 3.8) is 0 Å². The molecule has 1 fully saturated rings. The number of aryl methyl sites for hydroxylation is 1. The highest BCUT2D eigenvalue weighted by Gasteiger charge is 2.20. The van der Waals surface area contributed by atoms with Crippen LogP contribution in [0.4, 0.5) is 11.6 Å². The molecule has 2 heterocycles. The van der Waals surface area contributed by atoms with E-state index in [2.05, 4.69) is 82.3 Å². The molecule has 0 aliphatic carbocycles. The van der Waals surface area contributed by atoms with Crippen molar-refractivity contribution < 1.29 is 4.74 Å². The summed E-state index contributed by atoms with van der Waals surface area (Å²) in [7, 11) is 3.89. The van der Waals surface area contributed by atoms with Crippen LogP contribution < -0.4 is 15.0 Å². The normalized spacial score (nSPS) is 14.2. The number of ether oxygens (including phenoxy) is 1. The summed E-state index contributed by atoms with van der Waals surface area (Å²) in [5, 5.41) is 5.94. The molecule has 3 aromatic carbocycles. The Bertz CT molecular complexity index is 1420. The second-order valence-electron chi connectivity index (χ2n) is 10.8. The molecule has 0 unspecified atom stereocenters. The van der Waals surface area contributed by atoms with Gasteiger partial charge in [-0.15, -0.1) is 0 Å². The average molecular weight is 539 g/mol. The van der Waals surface area contributed by atoms with Crippen molar-refractivity contribution in [3.05, 3.63) is 78.0 Å². The number of benzene rings is 3. The van der Waals surface area contributed by atoms with Gasteiger partial charge in [-0.2, -0.15) is 0 Å². The number of nitrogens with one attached hydrogen (secondary N) is 1. The van der Waals surface area contributed by atoms with Gasteiger partial charge in [0.15, 0.2) is 0 Å². The standard InChI is InChI=1S/C33H42N6O/c1-5-37(3)14-7-15-38-16-18-39(19-17-38)32-23-28(22-27-11-10-25(2)20-30(27)32)31-12-13-34-33(36-31)35-24-26-8-6-9-29(21-26)40-4/h6,8-13,20-23H,5,7,14-19,24H2,1-4H3,(H,34,35,36). The van der Waals surface area contributed by atoms with Crippen LogP contribution >= 0.6 is 0 Å². The third-order valence-corrected chi connectivity index (χ3v) is 7.89. The predicted octanol–water partition coefficient (Wildman–Crippen LogP) is 5.69. The lowest BCUT2D eigenvalue weighted by Crippen LogP contribution is -2.47. The van der Waals surface area contributed by atoms with Gasteiger partial charge in [-0.25, -0.2) is 9.97 Å². The van der Waals surface area contributed by atoms with Crippen molar-refractivity contribution in [2.45, 2.75) is 26.8 Å². The molecule has 5 rings (SSSR count). The zero-order valence-electron chi connectivity index (χ0n) is 24.4. The molecular weight excluding hydrogens is 496 g/mol. The summed E-state index contributed by atoms with van der Waals surface area (Å²) in [6.07, 6.45) is 3.06. The molecule has 0 atom stereocenters. The van der Waals surface area contributed by atoms with Gasteiger partial charge in [0.25, 0.3) is 0 Å². The summed E-state index contributed by atoms with van der Waals surface area (Å²) in [6, 6.07) is 21.4. The van der Waals surface area contributed by atoms with Crippen LogP contribution in [0, 0.1) is 6.92 Å². The summed E-state index contributed by atoms with van der Waals surface area (Å²) >= 11 is 0. The van der Waals surface area contributed by atoms with E-state index in [1.807, 2.05) is 30.5 Å². The third-order valence-electron chi connectivity index (χ3n) is 7.89. The molecule has 0 saturated carbocycles. The number of nitrogens with zero attached hydrogens (tertiary/aromatic N) is 5. The molecule has 40 heavy (non-hydrogen) atoms. The number of aromatic nitrogens is 2. The molecule has 0 spiro atoms. The Kier molecular flexibility index (Phi) is 9.14. The minimum Gasteiger partial charge on any atom is -0.497 e. The zero-order valence-corrected chi connectivity index (χ0v) is 24.4. The van der Waals surface area contributed by atoms with Crippen molar-refractivity contribution in [2.24, 2.45) is 0 Å². The minimum absolute atomic E-state index is 0.619. The summed E-state index contributed by atoms with van der Waals surface area (Å²) < 4.78 is 5.36. The predicted molar refractivity (Wildman–Crippen MR) is 166 cm³/mol. The second-order valence-corrected chi connectivity index (χ2v) is 10.8. The zero-order chi connectivity index (χ0) is 27.9. The fourth-order valence-electron chi connectivity index (χ4n) is 5.36. The molecule has 1 aliphatic rings. The monoisotopic (exact) mass is 538 g/mol. The van der Waals surface area contributed by atoms with Gasteiger partial charge >= 0.3 is 0 Å². The smallest absolute Gasteiger partial charge is 0.223 e. The maximum absolute atomic E-state index is 5.36. The number of rotatable bonds is 11. The second kappa shape index (κ2) is 13.1. The first-order chi connectivity index (χ1) is 19.5. The maximum Gasteiger partial charge on any atom is 0.223 e. The molecule has 210 valence electrons. The maximum atomic E-state index is 5.36. The van der Waals surface area contributed by atoms with Crippen molar-refractivity contribution in [1.82, 2.24) is 19.8 Å². The van der Waals surface area contributed by atoms with Gasteiger partial charge in [0, 0.05) is 55.6 Å². The van der Waals surface area contributed by atoms with Crippen molar-refractivity contribution in [2.75, 3.05) is 70.2 Å². The summed E-state index contributed by atoms with van der Waals surface area (Å²) in [4.78, 5) is 16.9. The molecule has 1 aromatic heterocycles. The Labute approximate surface area is 238 Å². The first kappa shape index (κ1) is 27.9. The van der Waals surface area contributed by atoms with Crippen molar-refractivity contribution >= 4 is 22.4 Å². The Morgan fingerprint density at radius 1 is 1.00 bits per heavy atom. The van der Waals surface area contributed by atoms with E-state index in [0.29, 0.717) is 12.5 Å². The van der Waals surface area contributed by atoms with Crippen LogP contribution in [0.25, 0.3) is 22.0 Å². The van der Waals surface area contributed by atoms with Crippen LogP contribution in [-0.2, 0) is 6.54 Å². The molecule has 1 saturated heterocycles. The Hall–Kier alpha value is -3.68. The van der Waals surface area contributed by atoms with Gasteiger partial charge in [-0.05, 0) is 87.4 Å². The van der Waals surface area contributed by atoms with Crippen molar-refractivity contribution in [3.8, 4) is 17.0 Å². The van der Waals surface area contributed by atoms with E-state index >= 15 is 0 Å². The minimum atomic E-state index is 0.619. The molecule has 0 bridgehead atoms. The summed E-state index contributed by atoms with van der Waals surface area (Å²) in [6.45, 7) is 12.7. The van der Waals surface area contributed by atoms with Gasteiger partial charge in [0.2, 0.25) is 5.95 Å². The van der Waals surface area contributed by atoms with Crippen LogP contribution in [0.2, 0.25) is 0 Å². The van der Waals surface area contributed by atoms with Gasteiger partial charge in [-0.1, -0.05) is 36.8 Å². The van der Waals surface area contributed by atoms with Gasteiger partial charge in [0.1, 0.15) is 5.75 Å². The number of fused-ring (bicyclic) bond motifs is 1. The van der Waals surface area contributed by atoms with E-state index in [1.54, 1.807) is 7.11 Å². The Balaban J connectivity index is 1.34. The highest BCUT2D eigenvalue weighted by atomic mass is 16.5.